The maximum Gasteiger partial charge on any atom is 0.120 e. The molecule has 0 aliphatic carbocycles. The summed E-state index contributed by atoms with van der Waals surface area (Å²) < 4.78 is 0. The molecule has 0 aliphatic heterocycles. The molecule has 1 radical (unpaired) electrons. The van der Waals surface area contributed by atoms with Crippen molar-refractivity contribution in [3.8, 4) is 0 Å². The van der Waals surface area contributed by atoms with Gasteiger partial charge < -0.3 is 10.5 Å². The second-order valence-corrected chi connectivity index (χ2v) is 4.34. The molecule has 0 fully saturated rings. The van der Waals surface area contributed by atoms with Crippen LogP contribution in [0.2, 0.25) is 0 Å². The summed E-state index contributed by atoms with van der Waals surface area (Å²) in [6.07, 6.45) is 0. The SMILES string of the molecule is CC(C)C([NH-])C(=O)C(C)(C)C.[Y]. The summed E-state index contributed by atoms with van der Waals surface area (Å²) in [5.41, 5.74) is 7.17. The Morgan fingerprint density at radius 2 is 1.58 bits per heavy atom. The van der Waals surface area contributed by atoms with Crippen LogP contribution in [0.1, 0.15) is 34.6 Å². The molecule has 0 heterocycles. The van der Waals surface area contributed by atoms with Crippen LogP contribution in [0.5, 0.6) is 0 Å². The van der Waals surface area contributed by atoms with E-state index in [1.807, 2.05) is 34.6 Å². The molecule has 0 amide bonds. The smallest absolute Gasteiger partial charge is 0.120 e. The number of nitrogens with one attached hydrogen (secondary N) is 1. The minimum Gasteiger partial charge on any atom is -0.668 e. The van der Waals surface area contributed by atoms with Gasteiger partial charge in [-0.3, -0.25) is 0 Å². The van der Waals surface area contributed by atoms with Crippen LogP contribution in [0.15, 0.2) is 0 Å². The van der Waals surface area contributed by atoms with Crippen LogP contribution < -0.4 is 0 Å². The third kappa shape index (κ3) is 4.68. The Morgan fingerprint density at radius 3 is 1.67 bits per heavy atom. The van der Waals surface area contributed by atoms with Crippen molar-refractivity contribution >= 4 is 5.78 Å². The molecule has 0 aromatic carbocycles. The van der Waals surface area contributed by atoms with Crippen molar-refractivity contribution in [1.29, 1.82) is 0 Å². The summed E-state index contributed by atoms with van der Waals surface area (Å²) in [4.78, 5) is 11.4. The molecule has 12 heavy (non-hydrogen) atoms. The Labute approximate surface area is 101 Å². The van der Waals surface area contributed by atoms with Crippen molar-refractivity contribution in [2.45, 2.75) is 40.7 Å². The van der Waals surface area contributed by atoms with Gasteiger partial charge in [-0.05, 0) is 0 Å². The number of carbonyl (C=O) groups excluding carboxylic acids is 1. The van der Waals surface area contributed by atoms with E-state index in [0.29, 0.717) is 0 Å². The Morgan fingerprint density at radius 1 is 1.25 bits per heavy atom. The van der Waals surface area contributed by atoms with Crippen molar-refractivity contribution in [2.75, 3.05) is 0 Å². The first-order valence-electron chi connectivity index (χ1n) is 4.02. The average molecular weight is 245 g/mol. The van der Waals surface area contributed by atoms with E-state index in [9.17, 15) is 4.79 Å². The molecule has 1 unspecified atom stereocenters. The number of ketones is 1. The van der Waals surface area contributed by atoms with Gasteiger partial charge in [0.25, 0.3) is 0 Å². The number of carbonyl (C=O) groups is 1. The summed E-state index contributed by atoms with van der Waals surface area (Å²) in [7, 11) is 0. The van der Waals surface area contributed by atoms with E-state index >= 15 is 0 Å². The molecule has 0 saturated carbocycles. The zero-order valence-electron chi connectivity index (χ0n) is 8.64. The molecular weight excluding hydrogens is 227 g/mol. The van der Waals surface area contributed by atoms with Crippen molar-refractivity contribution in [1.82, 2.24) is 0 Å². The predicted octanol–water partition coefficient (Wildman–Crippen LogP) is 2.68. The van der Waals surface area contributed by atoms with Crippen LogP contribution in [0.4, 0.5) is 0 Å². The van der Waals surface area contributed by atoms with Crippen molar-refractivity contribution in [3.63, 3.8) is 0 Å². The largest absolute Gasteiger partial charge is 0.668 e. The zero-order chi connectivity index (χ0) is 9.23. The van der Waals surface area contributed by atoms with E-state index in [4.69, 9.17) is 5.73 Å². The Balaban J connectivity index is 0. The third-order valence-corrected chi connectivity index (χ3v) is 1.69. The van der Waals surface area contributed by atoms with Gasteiger partial charge in [-0.1, -0.05) is 46.6 Å². The van der Waals surface area contributed by atoms with Crippen LogP contribution in [0.3, 0.4) is 0 Å². The average Bonchev–Trinajstić information content (AvgIpc) is 1.82. The number of hydrogen-bond donors (Lipinski definition) is 0. The second kappa shape index (κ2) is 5.46. The van der Waals surface area contributed by atoms with Gasteiger partial charge >= 0.3 is 0 Å². The van der Waals surface area contributed by atoms with Gasteiger partial charge in [0.05, 0.1) is 0 Å². The van der Waals surface area contributed by atoms with Crippen LogP contribution in [0, 0.1) is 11.3 Å². The quantitative estimate of drug-likeness (QED) is 0.737. The van der Waals surface area contributed by atoms with Crippen molar-refractivity contribution < 1.29 is 37.5 Å². The van der Waals surface area contributed by atoms with Gasteiger partial charge in [-0.25, -0.2) is 0 Å². The van der Waals surface area contributed by atoms with Gasteiger partial charge in [0.2, 0.25) is 0 Å². The molecule has 0 spiro atoms. The van der Waals surface area contributed by atoms with E-state index in [1.165, 1.54) is 0 Å². The molecule has 69 valence electrons. The molecule has 0 bridgehead atoms. The predicted molar refractivity (Wildman–Crippen MR) is 47.4 cm³/mol. The zero-order valence-corrected chi connectivity index (χ0v) is 11.5. The van der Waals surface area contributed by atoms with Crippen LogP contribution in [-0.4, -0.2) is 11.8 Å². The fourth-order valence-corrected chi connectivity index (χ4v) is 0.769. The van der Waals surface area contributed by atoms with Crippen LogP contribution in [0.25, 0.3) is 5.73 Å². The van der Waals surface area contributed by atoms with Crippen molar-refractivity contribution in [3.05, 3.63) is 5.73 Å². The van der Waals surface area contributed by atoms with Crippen LogP contribution >= 0.6 is 0 Å². The fourth-order valence-electron chi connectivity index (χ4n) is 0.769. The molecular formula is C9H18NOY-. The van der Waals surface area contributed by atoms with E-state index in [2.05, 4.69) is 0 Å². The molecule has 0 aromatic heterocycles. The summed E-state index contributed by atoms with van der Waals surface area (Å²) in [5, 5.41) is 0. The van der Waals surface area contributed by atoms with E-state index in [1.54, 1.807) is 0 Å². The number of hydrogen-bond acceptors (Lipinski definition) is 1. The molecule has 1 atom stereocenters. The molecule has 0 aromatic rings. The summed E-state index contributed by atoms with van der Waals surface area (Å²) in [5.74, 6) is 0.161. The normalized spacial score (nSPS) is 13.9. The van der Waals surface area contributed by atoms with Crippen LogP contribution in [-0.2, 0) is 37.5 Å². The monoisotopic (exact) mass is 245 g/mol. The number of Topliss-reactive ketones (excluding diaryl/α,β-unsaturated/α-hetero) is 1. The standard InChI is InChI=1S/C9H18NO.Y/c1-6(2)7(10)8(11)9(3,4)5;/h6-7,10H,1-5H3;/q-1;. The van der Waals surface area contributed by atoms with E-state index in [0.717, 1.165) is 0 Å². The first kappa shape index (κ1) is 15.2. The second-order valence-electron chi connectivity index (χ2n) is 4.34. The van der Waals surface area contributed by atoms with Gasteiger partial charge in [0, 0.05) is 38.1 Å². The first-order valence-corrected chi connectivity index (χ1v) is 4.02. The molecule has 2 nitrogen and oxygen atoms in total. The Hall–Kier alpha value is 0.734. The Bertz CT molecular complexity index is 149. The van der Waals surface area contributed by atoms with E-state index in [-0.39, 0.29) is 49.8 Å². The molecule has 3 heteroatoms. The Kier molecular flexibility index (Phi) is 6.93. The summed E-state index contributed by atoms with van der Waals surface area (Å²) >= 11 is 0. The first-order chi connectivity index (χ1) is 4.76. The maximum atomic E-state index is 11.4. The minimum atomic E-state index is -0.560. The van der Waals surface area contributed by atoms with Gasteiger partial charge in [-0.2, -0.15) is 0 Å². The van der Waals surface area contributed by atoms with Crippen molar-refractivity contribution in [2.24, 2.45) is 11.3 Å². The van der Waals surface area contributed by atoms with Gasteiger partial charge in [-0.15, -0.1) is 0 Å². The topological polar surface area (TPSA) is 40.9 Å². The number of rotatable bonds is 2. The molecule has 0 aliphatic rings. The molecule has 0 rings (SSSR count). The van der Waals surface area contributed by atoms with Gasteiger partial charge in [0.1, 0.15) is 5.78 Å². The minimum absolute atomic E-state index is 0. The fraction of sp³-hybridized carbons (Fsp3) is 0.889. The van der Waals surface area contributed by atoms with Gasteiger partial charge in [0.15, 0.2) is 0 Å². The maximum absolute atomic E-state index is 11.4. The summed E-state index contributed by atoms with van der Waals surface area (Å²) in [6, 6.07) is -0.560. The van der Waals surface area contributed by atoms with E-state index < -0.39 is 6.04 Å². The molecule has 0 saturated heterocycles. The summed E-state index contributed by atoms with van der Waals surface area (Å²) in [6.45, 7) is 9.39. The third-order valence-electron chi connectivity index (χ3n) is 1.69. The molecule has 1 N–H and O–H groups in total.